The van der Waals surface area contributed by atoms with Crippen LogP contribution in [0.15, 0.2) is 60.8 Å². The van der Waals surface area contributed by atoms with Crippen molar-refractivity contribution in [3.05, 3.63) is 71.9 Å². The molecule has 0 atom stereocenters. The molecule has 0 radical (unpaired) electrons. The summed E-state index contributed by atoms with van der Waals surface area (Å²) in [6, 6.07) is 15.8. The molecule has 0 spiro atoms. The smallest absolute Gasteiger partial charge is 0.336 e. The van der Waals surface area contributed by atoms with Gasteiger partial charge in [-0.05, 0) is 54.3 Å². The topological polar surface area (TPSA) is 97.8 Å². The highest BCUT2D eigenvalue weighted by Crippen LogP contribution is 2.51. The van der Waals surface area contributed by atoms with Crippen molar-refractivity contribution in [1.82, 2.24) is 4.98 Å². The molecule has 2 aromatic carbocycles. The van der Waals surface area contributed by atoms with Crippen molar-refractivity contribution in [1.29, 1.82) is 0 Å². The lowest BCUT2D eigenvalue weighted by Crippen LogP contribution is -2.28. The fourth-order valence-corrected chi connectivity index (χ4v) is 3.75. The first-order valence-electron chi connectivity index (χ1n) is 9.57. The third-order valence-electron chi connectivity index (χ3n) is 5.58. The number of amides is 1. The van der Waals surface area contributed by atoms with Gasteiger partial charge in [-0.25, -0.2) is 9.78 Å². The Morgan fingerprint density at radius 3 is 2.57 bits per heavy atom. The number of anilines is 1. The zero-order valence-corrected chi connectivity index (χ0v) is 15.9. The van der Waals surface area contributed by atoms with Crippen LogP contribution in [0.1, 0.15) is 30.2 Å². The Kier molecular flexibility index (Phi) is 4.17. The van der Waals surface area contributed by atoms with Gasteiger partial charge in [-0.15, -0.1) is 0 Å². The maximum atomic E-state index is 13.0. The van der Waals surface area contributed by atoms with Gasteiger partial charge in [-0.2, -0.15) is 0 Å². The van der Waals surface area contributed by atoms with Gasteiger partial charge >= 0.3 is 5.97 Å². The Morgan fingerprint density at radius 1 is 1.03 bits per heavy atom. The Hall–Kier alpha value is -3.87. The number of benzene rings is 2. The van der Waals surface area contributed by atoms with Crippen LogP contribution in [0.25, 0.3) is 11.1 Å². The number of nitrogens with zero attached hydrogens (tertiary/aromatic N) is 1. The molecule has 152 valence electrons. The lowest BCUT2D eigenvalue weighted by atomic mass is 9.94. The quantitative estimate of drug-likeness (QED) is 0.665. The zero-order chi connectivity index (χ0) is 20.7. The van der Waals surface area contributed by atoms with Gasteiger partial charge in [0.15, 0.2) is 11.5 Å². The molecule has 1 aliphatic carbocycles. The second-order valence-corrected chi connectivity index (χ2v) is 7.39. The number of aromatic nitrogens is 1. The van der Waals surface area contributed by atoms with Crippen molar-refractivity contribution >= 4 is 17.7 Å². The van der Waals surface area contributed by atoms with Crippen LogP contribution >= 0.6 is 0 Å². The summed E-state index contributed by atoms with van der Waals surface area (Å²) in [5, 5.41) is 12.3. The summed E-state index contributed by atoms with van der Waals surface area (Å²) in [6.45, 7) is 0.194. The van der Waals surface area contributed by atoms with Crippen molar-refractivity contribution in [3.63, 3.8) is 0 Å². The largest absolute Gasteiger partial charge is 0.478 e. The van der Waals surface area contributed by atoms with Gasteiger partial charge in [0.25, 0.3) is 0 Å². The number of rotatable bonds is 5. The number of carboxylic acid groups (broad SMARTS) is 1. The van der Waals surface area contributed by atoms with Gasteiger partial charge in [-0.1, -0.05) is 24.3 Å². The van der Waals surface area contributed by atoms with Crippen molar-refractivity contribution in [2.45, 2.75) is 18.3 Å². The number of carbonyl (C=O) groups excluding carboxylic acids is 1. The van der Waals surface area contributed by atoms with Crippen molar-refractivity contribution < 1.29 is 25.6 Å². The molecule has 30 heavy (non-hydrogen) atoms. The Morgan fingerprint density at radius 2 is 1.83 bits per heavy atom. The summed E-state index contributed by atoms with van der Waals surface area (Å²) in [4.78, 5) is 28.7. The maximum absolute atomic E-state index is 13.0. The minimum absolute atomic E-state index is 0. The van der Waals surface area contributed by atoms with Crippen LogP contribution in [0, 0.1) is 0 Å². The molecule has 0 unspecified atom stereocenters. The minimum Gasteiger partial charge on any atom is -0.478 e. The van der Waals surface area contributed by atoms with E-state index in [1.807, 2.05) is 18.2 Å². The summed E-state index contributed by atoms with van der Waals surface area (Å²) in [5.74, 6) is 0.651. The van der Waals surface area contributed by atoms with Gasteiger partial charge in [0.1, 0.15) is 5.82 Å². The molecular formula is C23H20N2O5. The average Bonchev–Trinajstić information content (AvgIpc) is 3.45. The van der Waals surface area contributed by atoms with Crippen LogP contribution < -0.4 is 14.8 Å². The molecule has 7 heteroatoms. The van der Waals surface area contributed by atoms with E-state index < -0.39 is 11.4 Å². The molecule has 2 N–H and O–H groups in total. The SMILES string of the molecule is O=C(O)c1ccccc1-c1ccc(NC(=O)C2(c3ccc4c(c3)OCO4)CC2)nc1.[HH]. The lowest BCUT2D eigenvalue weighted by molar-refractivity contribution is -0.118. The molecule has 7 nitrogen and oxygen atoms in total. The van der Waals surface area contributed by atoms with Crippen molar-refractivity contribution in [3.8, 4) is 22.6 Å². The third-order valence-corrected chi connectivity index (χ3v) is 5.58. The van der Waals surface area contributed by atoms with Crippen molar-refractivity contribution in [2.24, 2.45) is 0 Å². The normalized spacial score (nSPS) is 15.5. The van der Waals surface area contributed by atoms with E-state index in [9.17, 15) is 14.7 Å². The molecule has 1 fully saturated rings. The fourth-order valence-electron chi connectivity index (χ4n) is 3.75. The van der Waals surface area contributed by atoms with E-state index >= 15 is 0 Å². The number of nitrogens with one attached hydrogen (secondary N) is 1. The van der Waals surface area contributed by atoms with Gasteiger partial charge in [0, 0.05) is 13.2 Å². The highest BCUT2D eigenvalue weighted by molar-refractivity contribution is 6.01. The van der Waals surface area contributed by atoms with E-state index in [2.05, 4.69) is 10.3 Å². The van der Waals surface area contributed by atoms with E-state index in [0.29, 0.717) is 28.4 Å². The van der Waals surface area contributed by atoms with Crippen LogP contribution in [0.5, 0.6) is 11.5 Å². The lowest BCUT2D eigenvalue weighted by Gasteiger charge is -2.16. The number of fused-ring (bicyclic) bond motifs is 1. The number of carbonyl (C=O) groups is 2. The van der Waals surface area contributed by atoms with E-state index in [1.54, 1.807) is 42.6 Å². The Balaban J connectivity index is 0.00000231. The summed E-state index contributed by atoms with van der Waals surface area (Å²) in [6.07, 6.45) is 3.07. The van der Waals surface area contributed by atoms with Crippen LogP contribution in [-0.4, -0.2) is 28.8 Å². The number of hydrogen-bond acceptors (Lipinski definition) is 5. The van der Waals surface area contributed by atoms with E-state index in [4.69, 9.17) is 9.47 Å². The Labute approximate surface area is 173 Å². The standard InChI is InChI=1S/C23H18N2O5.H2/c26-21(27)17-4-2-1-3-16(17)14-5-8-20(24-12-14)25-22(28)23(9-10-23)15-6-7-18-19(11-15)30-13-29-18;/h1-8,11-12H,9-10,13H2,(H,26,27)(H,24,25,28);1H. The second kappa shape index (κ2) is 6.88. The Bertz CT molecular complexity index is 1160. The average molecular weight is 404 g/mol. The van der Waals surface area contributed by atoms with Crippen LogP contribution in [0.4, 0.5) is 5.82 Å². The van der Waals surface area contributed by atoms with E-state index in [-0.39, 0.29) is 19.7 Å². The molecular weight excluding hydrogens is 384 g/mol. The minimum atomic E-state index is -0.998. The van der Waals surface area contributed by atoms with Gasteiger partial charge < -0.3 is 19.9 Å². The number of ether oxygens (including phenoxy) is 2. The number of aromatic carboxylic acids is 1. The summed E-state index contributed by atoms with van der Waals surface area (Å²) < 4.78 is 10.8. The molecule has 1 aliphatic heterocycles. The summed E-state index contributed by atoms with van der Waals surface area (Å²) in [7, 11) is 0. The van der Waals surface area contributed by atoms with E-state index in [0.717, 1.165) is 18.4 Å². The molecule has 1 aromatic heterocycles. The number of carboxylic acids is 1. The molecule has 0 bridgehead atoms. The molecule has 1 amide bonds. The fraction of sp³-hybridized carbons (Fsp3) is 0.174. The summed E-state index contributed by atoms with van der Waals surface area (Å²) >= 11 is 0. The molecule has 1 saturated carbocycles. The third kappa shape index (κ3) is 3.04. The summed E-state index contributed by atoms with van der Waals surface area (Å²) in [5.41, 5.74) is 1.77. The first-order chi connectivity index (χ1) is 14.6. The number of pyridine rings is 1. The zero-order valence-electron chi connectivity index (χ0n) is 15.9. The second-order valence-electron chi connectivity index (χ2n) is 7.39. The first kappa shape index (κ1) is 18.2. The van der Waals surface area contributed by atoms with Crippen LogP contribution in [-0.2, 0) is 10.2 Å². The van der Waals surface area contributed by atoms with Gasteiger partial charge in [0.2, 0.25) is 12.7 Å². The highest BCUT2D eigenvalue weighted by atomic mass is 16.7. The van der Waals surface area contributed by atoms with Gasteiger partial charge in [0.05, 0.1) is 11.0 Å². The van der Waals surface area contributed by atoms with Crippen molar-refractivity contribution in [2.75, 3.05) is 12.1 Å². The predicted molar refractivity (Wildman–Crippen MR) is 111 cm³/mol. The predicted octanol–water partition coefficient (Wildman–Crippen LogP) is 4.09. The van der Waals surface area contributed by atoms with Crippen LogP contribution in [0.3, 0.4) is 0 Å². The molecule has 5 rings (SSSR count). The highest BCUT2D eigenvalue weighted by Gasteiger charge is 2.51. The molecule has 3 aromatic rings. The van der Waals surface area contributed by atoms with Gasteiger partial charge in [-0.3, -0.25) is 4.79 Å². The molecule has 2 aliphatic rings. The van der Waals surface area contributed by atoms with E-state index in [1.165, 1.54) is 0 Å². The first-order valence-corrected chi connectivity index (χ1v) is 9.57. The number of hydrogen-bond donors (Lipinski definition) is 2. The van der Waals surface area contributed by atoms with Crippen LogP contribution in [0.2, 0.25) is 0 Å². The molecule has 2 heterocycles. The monoisotopic (exact) mass is 404 g/mol. The maximum Gasteiger partial charge on any atom is 0.336 e. The molecule has 0 saturated heterocycles.